The van der Waals surface area contributed by atoms with Crippen LogP contribution in [0, 0.1) is 0 Å². The first kappa shape index (κ1) is 34.5. The van der Waals surface area contributed by atoms with Crippen molar-refractivity contribution in [2.24, 2.45) is 0 Å². The average molecular weight is 796 g/mol. The van der Waals surface area contributed by atoms with Gasteiger partial charge in [0.15, 0.2) is 0 Å². The standard InChI is InChI=1S/C62H37N/c1-3-18-39(19-4-1)56-46-25-11-13-27-48(46)57(49-28-14-12-26-47(49)56)40-32-33-44-52-35-36-54-60-51-30-16-15-29-50(51)58-42-22-8-7-17-38(42)31-34-53(58)61(60)63(41-20-5-2-6-21-41)62(54)59(52)45-24-10-9-23-43(45)55(44)37-40/h1-37H. The van der Waals surface area contributed by atoms with E-state index in [4.69, 9.17) is 0 Å². The van der Waals surface area contributed by atoms with E-state index in [1.54, 1.807) is 0 Å². The van der Waals surface area contributed by atoms with Crippen molar-refractivity contribution in [1.29, 1.82) is 0 Å². The summed E-state index contributed by atoms with van der Waals surface area (Å²) in [6, 6.07) is 83.5. The van der Waals surface area contributed by atoms with E-state index < -0.39 is 0 Å². The van der Waals surface area contributed by atoms with E-state index in [-0.39, 0.29) is 0 Å². The lowest BCUT2D eigenvalue weighted by Gasteiger charge is -2.19. The fourth-order valence-corrected chi connectivity index (χ4v) is 11.4. The third-order valence-corrected chi connectivity index (χ3v) is 13.9. The van der Waals surface area contributed by atoms with Crippen LogP contribution in [0.3, 0.4) is 0 Å². The van der Waals surface area contributed by atoms with Gasteiger partial charge in [-0.15, -0.1) is 0 Å². The van der Waals surface area contributed by atoms with Crippen molar-refractivity contribution in [2.45, 2.75) is 0 Å². The Morgan fingerprint density at radius 2 is 0.619 bits per heavy atom. The Labute approximate surface area is 363 Å². The van der Waals surface area contributed by atoms with Gasteiger partial charge in [0.25, 0.3) is 0 Å². The van der Waals surface area contributed by atoms with Crippen LogP contribution in [0.1, 0.15) is 0 Å². The van der Waals surface area contributed by atoms with Gasteiger partial charge in [-0.25, -0.2) is 0 Å². The molecule has 0 N–H and O–H groups in total. The Hall–Kier alpha value is -8.26. The fourth-order valence-electron chi connectivity index (χ4n) is 11.4. The second kappa shape index (κ2) is 13.1. The molecule has 290 valence electrons. The molecule has 14 rings (SSSR count). The van der Waals surface area contributed by atoms with Gasteiger partial charge in [0, 0.05) is 27.2 Å². The molecule has 0 aliphatic rings. The molecule has 1 heterocycles. The quantitative estimate of drug-likeness (QED) is 0.124. The molecule has 14 aromatic rings. The van der Waals surface area contributed by atoms with Gasteiger partial charge in [0.05, 0.1) is 11.0 Å². The minimum absolute atomic E-state index is 1.16. The fraction of sp³-hybridized carbons (Fsp3) is 0. The average Bonchev–Trinajstić information content (AvgIpc) is 3.71. The van der Waals surface area contributed by atoms with Crippen molar-refractivity contribution in [3.05, 3.63) is 224 Å². The van der Waals surface area contributed by atoms with Crippen LogP contribution in [0.4, 0.5) is 0 Å². The van der Waals surface area contributed by atoms with Gasteiger partial charge in [-0.05, 0) is 116 Å². The van der Waals surface area contributed by atoms with Crippen LogP contribution >= 0.6 is 0 Å². The van der Waals surface area contributed by atoms with E-state index in [2.05, 4.69) is 229 Å². The smallest absolute Gasteiger partial charge is 0.0626 e. The summed E-state index contributed by atoms with van der Waals surface area (Å²) in [7, 11) is 0. The molecule has 1 aromatic heterocycles. The molecule has 0 saturated heterocycles. The van der Waals surface area contributed by atoms with Crippen molar-refractivity contribution < 1.29 is 0 Å². The van der Waals surface area contributed by atoms with Crippen molar-refractivity contribution in [1.82, 2.24) is 4.57 Å². The van der Waals surface area contributed by atoms with Crippen LogP contribution in [-0.2, 0) is 0 Å². The number of hydrogen-bond donors (Lipinski definition) is 0. The maximum Gasteiger partial charge on any atom is 0.0626 e. The van der Waals surface area contributed by atoms with E-state index >= 15 is 0 Å². The van der Waals surface area contributed by atoms with Crippen molar-refractivity contribution >= 4 is 108 Å². The third kappa shape index (κ3) is 4.77. The Morgan fingerprint density at radius 1 is 0.222 bits per heavy atom. The number of fused-ring (bicyclic) bond motifs is 19. The first-order chi connectivity index (χ1) is 31.3. The summed E-state index contributed by atoms with van der Waals surface area (Å²) in [6.45, 7) is 0. The molecule has 1 heteroatoms. The van der Waals surface area contributed by atoms with Gasteiger partial charge < -0.3 is 4.57 Å². The zero-order chi connectivity index (χ0) is 41.2. The number of aromatic nitrogens is 1. The molecular formula is C62H37N. The number of benzene rings is 13. The molecule has 0 bridgehead atoms. The minimum atomic E-state index is 1.16. The van der Waals surface area contributed by atoms with Gasteiger partial charge in [-0.2, -0.15) is 0 Å². The Kier molecular flexibility index (Phi) is 7.17. The highest BCUT2D eigenvalue weighted by atomic mass is 15.0. The normalized spacial score (nSPS) is 12.1. The second-order valence-electron chi connectivity index (χ2n) is 17.0. The summed E-state index contributed by atoms with van der Waals surface area (Å²) in [5.41, 5.74) is 8.68. The molecule has 0 fully saturated rings. The molecule has 0 radical (unpaired) electrons. The van der Waals surface area contributed by atoms with Crippen LogP contribution in [0.2, 0.25) is 0 Å². The lowest BCUT2D eigenvalue weighted by molar-refractivity contribution is 1.19. The highest BCUT2D eigenvalue weighted by molar-refractivity contribution is 6.40. The molecule has 0 aliphatic carbocycles. The first-order valence-corrected chi connectivity index (χ1v) is 21.9. The molecule has 13 aromatic carbocycles. The van der Waals surface area contributed by atoms with E-state index in [9.17, 15) is 0 Å². The van der Waals surface area contributed by atoms with Gasteiger partial charge in [0.2, 0.25) is 0 Å². The highest BCUT2D eigenvalue weighted by Gasteiger charge is 2.24. The second-order valence-corrected chi connectivity index (χ2v) is 17.0. The minimum Gasteiger partial charge on any atom is -0.308 e. The number of nitrogens with zero attached hydrogens (tertiary/aromatic N) is 1. The molecule has 0 spiro atoms. The summed E-state index contributed by atoms with van der Waals surface area (Å²) in [5, 5.41) is 22.9. The van der Waals surface area contributed by atoms with E-state index in [1.165, 1.54) is 130 Å². The van der Waals surface area contributed by atoms with Crippen molar-refractivity contribution in [3.63, 3.8) is 0 Å². The molecule has 0 saturated carbocycles. The van der Waals surface area contributed by atoms with E-state index in [0.717, 1.165) is 5.69 Å². The van der Waals surface area contributed by atoms with Crippen LogP contribution < -0.4 is 0 Å². The van der Waals surface area contributed by atoms with Gasteiger partial charge >= 0.3 is 0 Å². The zero-order valence-electron chi connectivity index (χ0n) is 34.3. The van der Waals surface area contributed by atoms with Crippen LogP contribution in [0.25, 0.3) is 136 Å². The summed E-state index contributed by atoms with van der Waals surface area (Å²) in [5.74, 6) is 0. The largest absolute Gasteiger partial charge is 0.308 e. The molecule has 0 amide bonds. The summed E-state index contributed by atoms with van der Waals surface area (Å²) in [4.78, 5) is 0. The molecule has 1 nitrogen and oxygen atoms in total. The van der Waals surface area contributed by atoms with Crippen LogP contribution in [0.15, 0.2) is 224 Å². The van der Waals surface area contributed by atoms with Crippen LogP contribution in [0.5, 0.6) is 0 Å². The summed E-state index contributed by atoms with van der Waals surface area (Å²) < 4.78 is 2.58. The lowest BCUT2D eigenvalue weighted by atomic mass is 9.85. The molecule has 0 atom stereocenters. The molecule has 0 unspecified atom stereocenters. The van der Waals surface area contributed by atoms with Crippen molar-refractivity contribution in [3.8, 4) is 27.9 Å². The molecule has 63 heavy (non-hydrogen) atoms. The predicted octanol–water partition coefficient (Wildman–Crippen LogP) is 17.3. The zero-order valence-corrected chi connectivity index (χ0v) is 34.3. The van der Waals surface area contributed by atoms with E-state index in [1.807, 2.05) is 0 Å². The van der Waals surface area contributed by atoms with Crippen LogP contribution in [-0.4, -0.2) is 4.57 Å². The topological polar surface area (TPSA) is 4.93 Å². The van der Waals surface area contributed by atoms with Gasteiger partial charge in [-0.3, -0.25) is 0 Å². The molecule has 0 aliphatic heterocycles. The van der Waals surface area contributed by atoms with Crippen molar-refractivity contribution in [2.75, 3.05) is 0 Å². The third-order valence-electron chi connectivity index (χ3n) is 13.9. The maximum atomic E-state index is 2.58. The predicted molar refractivity (Wildman–Crippen MR) is 272 cm³/mol. The Balaban J connectivity index is 1.14. The molecular weight excluding hydrogens is 759 g/mol. The summed E-state index contributed by atoms with van der Waals surface area (Å²) >= 11 is 0. The first-order valence-electron chi connectivity index (χ1n) is 21.9. The summed E-state index contributed by atoms with van der Waals surface area (Å²) in [6.07, 6.45) is 0. The number of rotatable bonds is 3. The SMILES string of the molecule is c1ccc(-c2c3ccccc3c(-c3ccc4c(c3)c3ccccc3c3c4ccc4c5c6ccccc6c6c7ccccc7ccc6c5n(-c5ccccc5)c43)c3ccccc23)cc1. The monoisotopic (exact) mass is 795 g/mol. The highest BCUT2D eigenvalue weighted by Crippen LogP contribution is 2.50. The Bertz CT molecular complexity index is 4160. The number of para-hydroxylation sites is 1. The van der Waals surface area contributed by atoms with E-state index in [0.29, 0.717) is 0 Å². The lowest BCUT2D eigenvalue weighted by Crippen LogP contribution is -1.96. The maximum absolute atomic E-state index is 2.58. The van der Waals surface area contributed by atoms with Gasteiger partial charge in [-0.1, -0.05) is 206 Å². The Morgan fingerprint density at radius 3 is 1.27 bits per heavy atom. The van der Waals surface area contributed by atoms with Gasteiger partial charge in [0.1, 0.15) is 0 Å². The number of hydrogen-bond acceptors (Lipinski definition) is 0.